The van der Waals surface area contributed by atoms with Crippen molar-refractivity contribution in [3.05, 3.63) is 71.8 Å². The van der Waals surface area contributed by atoms with Gasteiger partial charge in [-0.2, -0.15) is 0 Å². The summed E-state index contributed by atoms with van der Waals surface area (Å²) in [6, 6.07) is 18.5. The van der Waals surface area contributed by atoms with Gasteiger partial charge in [-0.3, -0.25) is 0 Å². The second-order valence-corrected chi connectivity index (χ2v) is 7.80. The van der Waals surface area contributed by atoms with Crippen LogP contribution in [-0.2, 0) is 5.41 Å². The molecule has 0 amide bonds. The number of rotatable bonds is 5. The zero-order valence-electron chi connectivity index (χ0n) is 14.8. The molecule has 0 aliphatic heterocycles. The highest BCUT2D eigenvalue weighted by molar-refractivity contribution is 7.99. The minimum absolute atomic E-state index is 0.138. The first-order chi connectivity index (χ1) is 12.0. The number of hydrogen-bond donors (Lipinski definition) is 0. The van der Waals surface area contributed by atoms with Crippen LogP contribution in [0.4, 0.5) is 0 Å². The largest absolute Gasteiger partial charge is 0.411 e. The van der Waals surface area contributed by atoms with Gasteiger partial charge in [0.1, 0.15) is 0 Å². The van der Waals surface area contributed by atoms with Crippen LogP contribution in [0.1, 0.15) is 31.9 Å². The molecule has 0 aliphatic rings. The van der Waals surface area contributed by atoms with Crippen molar-refractivity contribution in [2.75, 3.05) is 5.75 Å². The van der Waals surface area contributed by atoms with Gasteiger partial charge in [0, 0.05) is 11.3 Å². The highest BCUT2D eigenvalue weighted by atomic mass is 32.2. The van der Waals surface area contributed by atoms with E-state index in [0.29, 0.717) is 11.1 Å². The molecule has 3 nitrogen and oxygen atoms in total. The first kappa shape index (κ1) is 17.5. The summed E-state index contributed by atoms with van der Waals surface area (Å²) in [5.41, 5.74) is 3.57. The lowest BCUT2D eigenvalue weighted by molar-refractivity contribution is 0.466. The summed E-state index contributed by atoms with van der Waals surface area (Å²) in [6.45, 7) is 6.60. The minimum atomic E-state index is 0.138. The fourth-order valence-corrected chi connectivity index (χ4v) is 2.94. The standard InChI is InChI=1S/C21H22N2OS/c1-21(2,3)18-13-11-17(12-14-18)19-22-23-20(24-19)25-15-7-10-16-8-5-4-6-9-16/h4-14H,15H2,1-3H3/b10-7+. The Hall–Kier alpha value is -2.33. The van der Waals surface area contributed by atoms with Gasteiger partial charge in [0.25, 0.3) is 5.22 Å². The van der Waals surface area contributed by atoms with Gasteiger partial charge in [-0.05, 0) is 28.7 Å². The fraction of sp³-hybridized carbons (Fsp3) is 0.238. The normalized spacial score (nSPS) is 12.0. The highest BCUT2D eigenvalue weighted by Crippen LogP contribution is 2.27. The molecular formula is C21H22N2OS. The summed E-state index contributed by atoms with van der Waals surface area (Å²) < 4.78 is 5.75. The smallest absolute Gasteiger partial charge is 0.277 e. The Morgan fingerprint density at radius 3 is 2.36 bits per heavy atom. The molecule has 0 N–H and O–H groups in total. The molecule has 0 saturated carbocycles. The van der Waals surface area contributed by atoms with Gasteiger partial charge < -0.3 is 4.42 Å². The van der Waals surface area contributed by atoms with Crippen LogP contribution in [0.25, 0.3) is 17.5 Å². The van der Waals surface area contributed by atoms with Crippen LogP contribution in [0.15, 0.2) is 70.3 Å². The molecule has 25 heavy (non-hydrogen) atoms. The van der Waals surface area contributed by atoms with Crippen LogP contribution in [0.3, 0.4) is 0 Å². The molecule has 0 unspecified atom stereocenters. The molecule has 0 atom stereocenters. The zero-order valence-corrected chi connectivity index (χ0v) is 15.6. The maximum absolute atomic E-state index is 5.75. The second-order valence-electron chi connectivity index (χ2n) is 6.82. The molecule has 0 saturated heterocycles. The molecule has 3 rings (SSSR count). The molecule has 0 bridgehead atoms. The van der Waals surface area contributed by atoms with E-state index in [-0.39, 0.29) is 5.41 Å². The molecule has 0 aliphatic carbocycles. The third kappa shape index (κ3) is 4.83. The molecule has 4 heteroatoms. The molecule has 2 aromatic carbocycles. The van der Waals surface area contributed by atoms with E-state index in [2.05, 4.69) is 67.4 Å². The molecule has 3 aromatic rings. The number of nitrogens with zero attached hydrogens (tertiary/aromatic N) is 2. The van der Waals surface area contributed by atoms with E-state index in [4.69, 9.17) is 4.42 Å². The van der Waals surface area contributed by atoms with Gasteiger partial charge in [0.15, 0.2) is 0 Å². The Morgan fingerprint density at radius 1 is 0.960 bits per heavy atom. The summed E-state index contributed by atoms with van der Waals surface area (Å²) in [6.07, 6.45) is 4.19. The van der Waals surface area contributed by atoms with Crippen molar-refractivity contribution in [3.63, 3.8) is 0 Å². The van der Waals surface area contributed by atoms with Crippen molar-refractivity contribution in [3.8, 4) is 11.5 Å². The summed E-state index contributed by atoms with van der Waals surface area (Å²) in [7, 11) is 0. The van der Waals surface area contributed by atoms with Gasteiger partial charge in [0.05, 0.1) is 0 Å². The first-order valence-corrected chi connectivity index (χ1v) is 9.30. The van der Waals surface area contributed by atoms with Crippen molar-refractivity contribution < 1.29 is 4.42 Å². The van der Waals surface area contributed by atoms with Crippen molar-refractivity contribution in [1.29, 1.82) is 0 Å². The topological polar surface area (TPSA) is 38.9 Å². The van der Waals surface area contributed by atoms with Crippen LogP contribution in [-0.4, -0.2) is 16.0 Å². The van der Waals surface area contributed by atoms with E-state index in [0.717, 1.165) is 11.3 Å². The Morgan fingerprint density at radius 2 is 1.68 bits per heavy atom. The SMILES string of the molecule is CC(C)(C)c1ccc(-c2nnc(SC/C=C/c3ccccc3)o2)cc1. The van der Waals surface area contributed by atoms with Crippen molar-refractivity contribution in [2.45, 2.75) is 31.4 Å². The Labute approximate surface area is 153 Å². The monoisotopic (exact) mass is 350 g/mol. The lowest BCUT2D eigenvalue weighted by atomic mass is 9.87. The second kappa shape index (κ2) is 7.70. The van der Waals surface area contributed by atoms with Crippen molar-refractivity contribution in [2.24, 2.45) is 0 Å². The van der Waals surface area contributed by atoms with Crippen LogP contribution >= 0.6 is 11.8 Å². The Balaban J connectivity index is 1.60. The summed E-state index contributed by atoms with van der Waals surface area (Å²) >= 11 is 1.54. The third-order valence-electron chi connectivity index (χ3n) is 3.82. The predicted molar refractivity (Wildman–Crippen MR) is 105 cm³/mol. The van der Waals surface area contributed by atoms with Crippen LogP contribution in [0, 0.1) is 0 Å². The van der Waals surface area contributed by atoms with Gasteiger partial charge in [-0.1, -0.05) is 87.1 Å². The van der Waals surface area contributed by atoms with E-state index in [1.807, 2.05) is 30.3 Å². The van der Waals surface area contributed by atoms with E-state index in [1.165, 1.54) is 22.9 Å². The van der Waals surface area contributed by atoms with Gasteiger partial charge in [-0.25, -0.2) is 0 Å². The van der Waals surface area contributed by atoms with E-state index >= 15 is 0 Å². The molecule has 1 heterocycles. The summed E-state index contributed by atoms with van der Waals surface area (Å²) in [5.74, 6) is 1.36. The lowest BCUT2D eigenvalue weighted by Gasteiger charge is -2.18. The number of benzene rings is 2. The lowest BCUT2D eigenvalue weighted by Crippen LogP contribution is -2.10. The van der Waals surface area contributed by atoms with Crippen molar-refractivity contribution >= 4 is 17.8 Å². The van der Waals surface area contributed by atoms with E-state index < -0.39 is 0 Å². The summed E-state index contributed by atoms with van der Waals surface area (Å²) in [4.78, 5) is 0. The summed E-state index contributed by atoms with van der Waals surface area (Å²) in [5, 5.41) is 8.86. The molecule has 128 valence electrons. The Bertz CT molecular complexity index is 830. The van der Waals surface area contributed by atoms with Crippen LogP contribution < -0.4 is 0 Å². The average Bonchev–Trinajstić information content (AvgIpc) is 3.08. The maximum atomic E-state index is 5.75. The fourth-order valence-electron chi connectivity index (χ4n) is 2.37. The van der Waals surface area contributed by atoms with Crippen LogP contribution in [0.2, 0.25) is 0 Å². The minimum Gasteiger partial charge on any atom is -0.411 e. The molecule has 0 radical (unpaired) electrons. The number of hydrogen-bond acceptors (Lipinski definition) is 4. The van der Waals surface area contributed by atoms with E-state index in [9.17, 15) is 0 Å². The quantitative estimate of drug-likeness (QED) is 0.542. The molecular weight excluding hydrogens is 328 g/mol. The van der Waals surface area contributed by atoms with E-state index in [1.54, 1.807) is 0 Å². The molecule has 0 fully saturated rings. The van der Waals surface area contributed by atoms with Gasteiger partial charge in [-0.15, -0.1) is 10.2 Å². The predicted octanol–water partition coefficient (Wildman–Crippen LogP) is 5.84. The molecule has 0 spiro atoms. The highest BCUT2D eigenvalue weighted by Gasteiger charge is 2.14. The van der Waals surface area contributed by atoms with Crippen LogP contribution in [0.5, 0.6) is 0 Å². The van der Waals surface area contributed by atoms with Gasteiger partial charge >= 0.3 is 0 Å². The maximum Gasteiger partial charge on any atom is 0.277 e. The molecule has 1 aromatic heterocycles. The van der Waals surface area contributed by atoms with Gasteiger partial charge in [0.2, 0.25) is 5.89 Å². The Kier molecular flexibility index (Phi) is 5.39. The van der Waals surface area contributed by atoms with Crippen molar-refractivity contribution in [1.82, 2.24) is 10.2 Å². The first-order valence-electron chi connectivity index (χ1n) is 8.31. The number of thioether (sulfide) groups is 1. The third-order valence-corrected chi connectivity index (χ3v) is 4.59. The number of aromatic nitrogens is 2. The average molecular weight is 350 g/mol. The zero-order chi connectivity index (χ0) is 17.7.